The first kappa shape index (κ1) is 16.6. The summed E-state index contributed by atoms with van der Waals surface area (Å²) in [6.45, 7) is 2.83. The Morgan fingerprint density at radius 1 is 0.542 bits per heavy atom. The fourth-order valence-electron chi connectivity index (χ4n) is 3.24. The summed E-state index contributed by atoms with van der Waals surface area (Å²) in [6, 6.07) is 30.1. The monoisotopic (exact) mass is 380 g/mol. The summed E-state index contributed by atoms with van der Waals surface area (Å²) in [5, 5.41) is 0. The maximum Gasteiger partial charge on any atom is 0.0911 e. The summed E-state index contributed by atoms with van der Waals surface area (Å²) < 4.78 is 0. The summed E-state index contributed by atoms with van der Waals surface area (Å²) in [7, 11) is 0. The van der Waals surface area contributed by atoms with E-state index in [4.69, 9.17) is 0 Å². The number of para-hydroxylation sites is 2. The molecular weight excluding hydrogens is 360 g/mol. The van der Waals surface area contributed by atoms with Gasteiger partial charge in [-0.3, -0.25) is 0 Å². The van der Waals surface area contributed by atoms with E-state index in [2.05, 4.69) is 94.7 Å². The second-order valence-electron chi connectivity index (χ2n) is 6.00. The van der Waals surface area contributed by atoms with Crippen LogP contribution >= 0.6 is 17.0 Å². The van der Waals surface area contributed by atoms with Crippen molar-refractivity contribution in [3.05, 3.63) is 96.1 Å². The SMILES string of the molecule is Br.c1ccc(CN2CN(Cc3ccccc3)c3ccccc32)cc1. The highest BCUT2D eigenvalue weighted by Gasteiger charge is 2.25. The van der Waals surface area contributed by atoms with Crippen LogP contribution in [0.3, 0.4) is 0 Å². The van der Waals surface area contributed by atoms with Gasteiger partial charge in [0.25, 0.3) is 0 Å². The first-order valence-electron chi connectivity index (χ1n) is 8.07. The normalized spacial score (nSPS) is 12.7. The topological polar surface area (TPSA) is 6.48 Å². The molecule has 1 aliphatic heterocycles. The minimum atomic E-state index is 0. The van der Waals surface area contributed by atoms with E-state index >= 15 is 0 Å². The number of hydrogen-bond acceptors (Lipinski definition) is 2. The summed E-state index contributed by atoms with van der Waals surface area (Å²) in [5.41, 5.74) is 5.35. The van der Waals surface area contributed by atoms with Gasteiger partial charge in [-0.05, 0) is 23.3 Å². The van der Waals surface area contributed by atoms with Crippen molar-refractivity contribution in [3.8, 4) is 0 Å². The van der Waals surface area contributed by atoms with Gasteiger partial charge in [0.1, 0.15) is 0 Å². The molecule has 2 nitrogen and oxygen atoms in total. The van der Waals surface area contributed by atoms with Crippen LogP contribution in [0.4, 0.5) is 11.4 Å². The summed E-state index contributed by atoms with van der Waals surface area (Å²) in [6.07, 6.45) is 0. The van der Waals surface area contributed by atoms with Crippen molar-refractivity contribution in [1.82, 2.24) is 0 Å². The molecule has 0 saturated heterocycles. The third kappa shape index (κ3) is 3.46. The van der Waals surface area contributed by atoms with E-state index in [0.717, 1.165) is 19.8 Å². The van der Waals surface area contributed by atoms with E-state index in [1.165, 1.54) is 22.5 Å². The molecule has 0 amide bonds. The maximum absolute atomic E-state index is 2.45. The molecule has 122 valence electrons. The molecule has 1 aliphatic rings. The lowest BCUT2D eigenvalue weighted by molar-refractivity contribution is 0.763. The Labute approximate surface area is 154 Å². The highest BCUT2D eigenvalue weighted by atomic mass is 79.9. The van der Waals surface area contributed by atoms with Gasteiger partial charge in [0.2, 0.25) is 0 Å². The third-order valence-electron chi connectivity index (χ3n) is 4.34. The fraction of sp³-hybridized carbons (Fsp3) is 0.143. The van der Waals surface area contributed by atoms with Gasteiger partial charge >= 0.3 is 0 Å². The van der Waals surface area contributed by atoms with Gasteiger partial charge < -0.3 is 9.80 Å². The van der Waals surface area contributed by atoms with Crippen molar-refractivity contribution in [2.24, 2.45) is 0 Å². The second kappa shape index (κ2) is 7.54. The second-order valence-corrected chi connectivity index (χ2v) is 6.00. The molecule has 0 spiro atoms. The lowest BCUT2D eigenvalue weighted by atomic mass is 10.2. The number of benzene rings is 3. The molecule has 3 aromatic carbocycles. The van der Waals surface area contributed by atoms with Gasteiger partial charge in [-0.2, -0.15) is 0 Å². The van der Waals surface area contributed by atoms with Crippen LogP contribution in [0, 0.1) is 0 Å². The van der Waals surface area contributed by atoms with Crippen LogP contribution in [0.5, 0.6) is 0 Å². The quantitative estimate of drug-likeness (QED) is 0.609. The highest BCUT2D eigenvalue weighted by molar-refractivity contribution is 8.93. The van der Waals surface area contributed by atoms with Crippen LogP contribution < -0.4 is 9.80 Å². The summed E-state index contributed by atoms with van der Waals surface area (Å²) in [4.78, 5) is 4.90. The number of rotatable bonds is 4. The smallest absolute Gasteiger partial charge is 0.0911 e. The van der Waals surface area contributed by atoms with Gasteiger partial charge in [-0.15, -0.1) is 17.0 Å². The standard InChI is InChI=1S/C21H20N2.BrH/c1-3-9-18(10-4-1)15-22-17-23(16-19-11-5-2-6-12-19)21-14-8-7-13-20(21)22;/h1-14H,15-17H2;1H. The molecule has 0 unspecified atom stereocenters. The maximum atomic E-state index is 2.45. The lowest BCUT2D eigenvalue weighted by Gasteiger charge is -2.22. The van der Waals surface area contributed by atoms with Crippen LogP contribution in [0.25, 0.3) is 0 Å². The summed E-state index contributed by atoms with van der Waals surface area (Å²) >= 11 is 0. The highest BCUT2D eigenvalue weighted by Crippen LogP contribution is 2.37. The molecule has 0 fully saturated rings. The molecule has 0 aromatic heterocycles. The molecule has 3 heteroatoms. The largest absolute Gasteiger partial charge is 0.348 e. The van der Waals surface area contributed by atoms with Crippen LogP contribution in [0.2, 0.25) is 0 Å². The van der Waals surface area contributed by atoms with Crippen molar-refractivity contribution in [2.45, 2.75) is 13.1 Å². The Balaban J connectivity index is 0.00000169. The number of anilines is 2. The Bertz CT molecular complexity index is 708. The van der Waals surface area contributed by atoms with Crippen molar-refractivity contribution < 1.29 is 0 Å². The van der Waals surface area contributed by atoms with E-state index < -0.39 is 0 Å². The number of nitrogens with zero attached hydrogens (tertiary/aromatic N) is 2. The Hall–Kier alpha value is -2.26. The third-order valence-corrected chi connectivity index (χ3v) is 4.34. The Morgan fingerprint density at radius 2 is 0.917 bits per heavy atom. The van der Waals surface area contributed by atoms with E-state index in [-0.39, 0.29) is 17.0 Å². The average Bonchev–Trinajstić information content (AvgIpc) is 2.95. The molecule has 0 bridgehead atoms. The van der Waals surface area contributed by atoms with Crippen molar-refractivity contribution in [2.75, 3.05) is 16.5 Å². The molecule has 0 atom stereocenters. The Kier molecular flexibility index (Phi) is 5.21. The zero-order chi connectivity index (χ0) is 15.5. The number of hydrogen-bond donors (Lipinski definition) is 0. The minimum Gasteiger partial charge on any atom is -0.348 e. The summed E-state index contributed by atoms with van der Waals surface area (Å²) in [5.74, 6) is 0. The first-order valence-corrected chi connectivity index (χ1v) is 8.07. The van der Waals surface area contributed by atoms with Crippen LogP contribution in [0.1, 0.15) is 11.1 Å². The van der Waals surface area contributed by atoms with E-state index in [1.54, 1.807) is 0 Å². The van der Waals surface area contributed by atoms with E-state index in [1.807, 2.05) is 0 Å². The van der Waals surface area contributed by atoms with Gasteiger partial charge in [0.15, 0.2) is 0 Å². The zero-order valence-electron chi connectivity index (χ0n) is 13.5. The molecule has 0 radical (unpaired) electrons. The predicted molar refractivity (Wildman–Crippen MR) is 107 cm³/mol. The first-order chi connectivity index (χ1) is 11.4. The van der Waals surface area contributed by atoms with Crippen LogP contribution in [0.15, 0.2) is 84.9 Å². The van der Waals surface area contributed by atoms with Crippen LogP contribution in [-0.4, -0.2) is 6.67 Å². The van der Waals surface area contributed by atoms with Gasteiger partial charge in [-0.25, -0.2) is 0 Å². The molecule has 0 N–H and O–H groups in total. The predicted octanol–water partition coefficient (Wildman–Crippen LogP) is 5.25. The van der Waals surface area contributed by atoms with E-state index in [9.17, 15) is 0 Å². The van der Waals surface area contributed by atoms with Gasteiger partial charge in [-0.1, -0.05) is 72.8 Å². The van der Waals surface area contributed by atoms with E-state index in [0.29, 0.717) is 0 Å². The fourth-order valence-corrected chi connectivity index (χ4v) is 3.24. The molecular formula is C21H21BrN2. The Morgan fingerprint density at radius 3 is 1.33 bits per heavy atom. The molecule has 4 rings (SSSR count). The van der Waals surface area contributed by atoms with Crippen LogP contribution in [-0.2, 0) is 13.1 Å². The molecule has 0 aliphatic carbocycles. The van der Waals surface area contributed by atoms with Crippen molar-refractivity contribution in [1.29, 1.82) is 0 Å². The minimum absolute atomic E-state index is 0. The molecule has 24 heavy (non-hydrogen) atoms. The average molecular weight is 381 g/mol. The van der Waals surface area contributed by atoms with Gasteiger partial charge in [0.05, 0.1) is 18.0 Å². The van der Waals surface area contributed by atoms with Crippen molar-refractivity contribution >= 4 is 28.4 Å². The lowest BCUT2D eigenvalue weighted by Crippen LogP contribution is -2.30. The van der Waals surface area contributed by atoms with Gasteiger partial charge in [0, 0.05) is 13.1 Å². The molecule has 1 heterocycles. The molecule has 3 aromatic rings. The number of fused-ring (bicyclic) bond motifs is 1. The zero-order valence-corrected chi connectivity index (χ0v) is 15.2. The molecule has 0 saturated carbocycles. The number of halogens is 1. The van der Waals surface area contributed by atoms with Crippen molar-refractivity contribution in [3.63, 3.8) is 0 Å².